The molecule has 0 aliphatic carbocycles. The van der Waals surface area contributed by atoms with Crippen LogP contribution in [0.15, 0.2) is 42.5 Å². The lowest BCUT2D eigenvalue weighted by atomic mass is 9.88. The zero-order valence-electron chi connectivity index (χ0n) is 16.5. The highest BCUT2D eigenvalue weighted by Gasteiger charge is 2.46. The Bertz CT molecular complexity index is 814. The lowest BCUT2D eigenvalue weighted by molar-refractivity contribution is -0.178. The molecule has 1 aliphatic heterocycles. The number of hydrogen-bond donors (Lipinski definition) is 1. The molecule has 0 aromatic heterocycles. The Morgan fingerprint density at radius 2 is 1.89 bits per heavy atom. The average Bonchev–Trinajstić information content (AvgIpc) is 2.61. The van der Waals surface area contributed by atoms with Crippen LogP contribution in [-0.4, -0.2) is 24.8 Å². The summed E-state index contributed by atoms with van der Waals surface area (Å²) in [5, 5.41) is 3.43. The van der Waals surface area contributed by atoms with Gasteiger partial charge in [0.2, 0.25) is 0 Å². The van der Waals surface area contributed by atoms with Crippen LogP contribution >= 0.6 is 0 Å². The van der Waals surface area contributed by atoms with E-state index in [1.54, 1.807) is 7.11 Å². The van der Waals surface area contributed by atoms with Gasteiger partial charge >= 0.3 is 5.97 Å². The predicted molar refractivity (Wildman–Crippen MR) is 105 cm³/mol. The van der Waals surface area contributed by atoms with E-state index in [0.29, 0.717) is 0 Å². The van der Waals surface area contributed by atoms with E-state index in [9.17, 15) is 4.79 Å². The van der Waals surface area contributed by atoms with Gasteiger partial charge in [-0.3, -0.25) is 4.79 Å². The van der Waals surface area contributed by atoms with Crippen LogP contribution in [0.3, 0.4) is 0 Å². The molecule has 0 bridgehead atoms. The molecule has 0 saturated heterocycles. The summed E-state index contributed by atoms with van der Waals surface area (Å²) >= 11 is 0. The maximum absolute atomic E-state index is 11.6. The van der Waals surface area contributed by atoms with Crippen molar-refractivity contribution in [2.75, 3.05) is 12.4 Å². The van der Waals surface area contributed by atoms with Crippen LogP contribution in [0.4, 0.5) is 5.69 Å². The number of esters is 1. The highest BCUT2D eigenvalue weighted by Crippen LogP contribution is 2.44. The number of fused-ring (bicyclic) bond motifs is 1. The normalized spacial score (nSPS) is 20.3. The van der Waals surface area contributed by atoms with Gasteiger partial charge in [0.25, 0.3) is 0 Å². The number of ether oxygens (including phenoxy) is 3. The average molecular weight is 369 g/mol. The summed E-state index contributed by atoms with van der Waals surface area (Å²) in [4.78, 5) is 11.6. The number of carbonyl (C=O) groups excluding carboxylic acids is 1. The first-order valence-corrected chi connectivity index (χ1v) is 9.12. The summed E-state index contributed by atoms with van der Waals surface area (Å²) in [5.74, 6) is 0.395. The van der Waals surface area contributed by atoms with Crippen molar-refractivity contribution >= 4 is 11.7 Å². The summed E-state index contributed by atoms with van der Waals surface area (Å²) in [5.41, 5.74) is 3.60. The largest absolute Gasteiger partial charge is 0.483 e. The molecule has 0 radical (unpaired) electrons. The molecule has 2 unspecified atom stereocenters. The number of aryl methyl sites for hydroxylation is 1. The summed E-state index contributed by atoms with van der Waals surface area (Å²) in [6.45, 7) is 8.00. The van der Waals surface area contributed by atoms with E-state index in [-0.39, 0.29) is 5.97 Å². The molecule has 144 valence electrons. The van der Waals surface area contributed by atoms with Crippen LogP contribution in [0.1, 0.15) is 43.6 Å². The second-order valence-electron chi connectivity index (χ2n) is 7.48. The van der Waals surface area contributed by atoms with Crippen molar-refractivity contribution < 1.29 is 19.0 Å². The molecule has 27 heavy (non-hydrogen) atoms. The fourth-order valence-electron chi connectivity index (χ4n) is 3.39. The van der Waals surface area contributed by atoms with E-state index in [0.717, 1.165) is 23.5 Å². The summed E-state index contributed by atoms with van der Waals surface area (Å²) < 4.78 is 17.4. The fourth-order valence-corrected chi connectivity index (χ4v) is 3.39. The van der Waals surface area contributed by atoms with Gasteiger partial charge in [0.1, 0.15) is 17.5 Å². The van der Waals surface area contributed by atoms with E-state index in [1.165, 1.54) is 18.1 Å². The molecule has 0 saturated carbocycles. The summed E-state index contributed by atoms with van der Waals surface area (Å²) in [6, 6.07) is 14.4. The lowest BCUT2D eigenvalue weighted by Gasteiger charge is -2.43. The highest BCUT2D eigenvalue weighted by molar-refractivity contribution is 5.66. The van der Waals surface area contributed by atoms with Crippen molar-refractivity contribution in [3.8, 4) is 5.75 Å². The smallest absolute Gasteiger partial charge is 0.303 e. The minimum Gasteiger partial charge on any atom is -0.483 e. The third-order valence-electron chi connectivity index (χ3n) is 4.81. The molecule has 5 nitrogen and oxygen atoms in total. The Morgan fingerprint density at radius 3 is 2.52 bits per heavy atom. The van der Waals surface area contributed by atoms with Crippen LogP contribution in [0, 0.1) is 6.92 Å². The van der Waals surface area contributed by atoms with Gasteiger partial charge in [-0.25, -0.2) is 0 Å². The first-order valence-electron chi connectivity index (χ1n) is 9.12. The van der Waals surface area contributed by atoms with Gasteiger partial charge in [-0.05, 0) is 44.5 Å². The summed E-state index contributed by atoms with van der Waals surface area (Å²) in [6.07, 6.45) is -0.923. The van der Waals surface area contributed by atoms with Crippen LogP contribution in [0.5, 0.6) is 5.75 Å². The molecule has 1 heterocycles. The van der Waals surface area contributed by atoms with Gasteiger partial charge in [-0.15, -0.1) is 0 Å². The monoisotopic (exact) mass is 369 g/mol. The van der Waals surface area contributed by atoms with E-state index >= 15 is 0 Å². The number of rotatable bonds is 5. The number of anilines is 1. The molecule has 0 fully saturated rings. The summed E-state index contributed by atoms with van der Waals surface area (Å²) in [7, 11) is 1.62. The molecular weight excluding hydrogens is 342 g/mol. The Labute approximate surface area is 160 Å². The van der Waals surface area contributed by atoms with Gasteiger partial charge in [0.15, 0.2) is 6.10 Å². The highest BCUT2D eigenvalue weighted by atomic mass is 16.6. The van der Waals surface area contributed by atoms with Gasteiger partial charge in [0.05, 0.1) is 0 Å². The van der Waals surface area contributed by atoms with Crippen molar-refractivity contribution in [2.24, 2.45) is 0 Å². The van der Waals surface area contributed by atoms with Crippen molar-refractivity contribution in [3.63, 3.8) is 0 Å². The van der Waals surface area contributed by atoms with Crippen molar-refractivity contribution in [3.05, 3.63) is 59.2 Å². The molecule has 3 rings (SSSR count). The molecule has 0 spiro atoms. The second kappa shape index (κ2) is 7.61. The van der Waals surface area contributed by atoms with Crippen molar-refractivity contribution in [1.82, 2.24) is 0 Å². The molecule has 1 aliphatic rings. The van der Waals surface area contributed by atoms with Gasteiger partial charge in [-0.2, -0.15) is 0 Å². The fraction of sp³-hybridized carbons (Fsp3) is 0.409. The number of methoxy groups -OCH3 is 1. The Kier molecular flexibility index (Phi) is 5.42. The number of hydrogen-bond acceptors (Lipinski definition) is 5. The standard InChI is InChI=1S/C22H27NO4/c1-14-6-8-16(9-7-14)13-23-17-10-11-19-18(12-17)20(25-5)21(26-15(2)24)22(3,4)27-19/h6-12,20-21,23H,13H2,1-5H3. The van der Waals surface area contributed by atoms with E-state index in [4.69, 9.17) is 14.2 Å². The molecule has 0 amide bonds. The lowest BCUT2D eigenvalue weighted by Crippen LogP contribution is -2.51. The minimum atomic E-state index is -0.684. The van der Waals surface area contributed by atoms with E-state index < -0.39 is 17.8 Å². The quantitative estimate of drug-likeness (QED) is 0.792. The molecule has 5 heteroatoms. The van der Waals surface area contributed by atoms with Gasteiger partial charge in [0, 0.05) is 31.8 Å². The van der Waals surface area contributed by atoms with Crippen LogP contribution in [0.25, 0.3) is 0 Å². The third kappa shape index (κ3) is 4.25. The predicted octanol–water partition coefficient (Wildman–Crippen LogP) is 4.40. The van der Waals surface area contributed by atoms with Crippen LogP contribution in [0.2, 0.25) is 0 Å². The molecule has 1 N–H and O–H groups in total. The third-order valence-corrected chi connectivity index (χ3v) is 4.81. The molecular formula is C22H27NO4. The number of carbonyl (C=O) groups is 1. The molecule has 2 aromatic rings. The van der Waals surface area contributed by atoms with Crippen LogP contribution < -0.4 is 10.1 Å². The number of nitrogens with one attached hydrogen (secondary N) is 1. The zero-order chi connectivity index (χ0) is 19.6. The SMILES string of the molecule is COC1c2cc(NCc3ccc(C)cc3)ccc2OC(C)(C)C1OC(C)=O. The second-order valence-corrected chi connectivity index (χ2v) is 7.48. The minimum absolute atomic E-state index is 0.351. The van der Waals surface area contributed by atoms with Crippen molar-refractivity contribution in [2.45, 2.75) is 52.0 Å². The van der Waals surface area contributed by atoms with E-state index in [2.05, 4.69) is 36.5 Å². The van der Waals surface area contributed by atoms with E-state index in [1.807, 2.05) is 32.0 Å². The Morgan fingerprint density at radius 1 is 1.19 bits per heavy atom. The molecule has 2 atom stereocenters. The topological polar surface area (TPSA) is 56.8 Å². The van der Waals surface area contributed by atoms with Gasteiger partial charge in [-0.1, -0.05) is 29.8 Å². The Hall–Kier alpha value is -2.53. The zero-order valence-corrected chi connectivity index (χ0v) is 16.5. The van der Waals surface area contributed by atoms with Gasteiger partial charge < -0.3 is 19.5 Å². The first-order chi connectivity index (χ1) is 12.8. The maximum atomic E-state index is 11.6. The first kappa shape index (κ1) is 19.2. The molecule has 2 aromatic carbocycles. The maximum Gasteiger partial charge on any atom is 0.303 e. The van der Waals surface area contributed by atoms with Crippen molar-refractivity contribution in [1.29, 1.82) is 0 Å². The Balaban J connectivity index is 1.84. The van der Waals surface area contributed by atoms with Crippen LogP contribution in [-0.2, 0) is 20.8 Å². The number of benzene rings is 2.